The van der Waals surface area contributed by atoms with Crippen molar-refractivity contribution >= 4 is 5.69 Å². The predicted molar refractivity (Wildman–Crippen MR) is 68.8 cm³/mol. The molecule has 1 aromatic heterocycles. The maximum atomic E-state index is 5.36. The average molecular weight is 232 g/mol. The number of piperidine rings is 1. The lowest BCUT2D eigenvalue weighted by Gasteiger charge is -2.29. The molecule has 3 rings (SSSR count). The van der Waals surface area contributed by atoms with Crippen LogP contribution in [-0.4, -0.2) is 25.2 Å². The molecule has 2 aliphatic rings. The Kier molecular flexibility index (Phi) is 2.91. The minimum atomic E-state index is 0.696. The zero-order valence-corrected chi connectivity index (χ0v) is 10.5. The van der Waals surface area contributed by atoms with Gasteiger partial charge in [-0.3, -0.25) is 0 Å². The van der Waals surface area contributed by atoms with Crippen LogP contribution in [0.2, 0.25) is 0 Å². The maximum Gasteiger partial charge on any atom is 0.216 e. The summed E-state index contributed by atoms with van der Waals surface area (Å²) in [7, 11) is 1.72. The van der Waals surface area contributed by atoms with Gasteiger partial charge in [-0.1, -0.05) is 0 Å². The standard InChI is InChI=1S/C14H20N2O/c1-17-14-13(11-5-6-11)9-12(10-15-14)16-7-3-2-4-8-16/h9-11H,2-8H2,1H3. The number of aromatic nitrogens is 1. The second-order valence-electron chi connectivity index (χ2n) is 5.11. The number of hydrogen-bond acceptors (Lipinski definition) is 3. The van der Waals surface area contributed by atoms with E-state index < -0.39 is 0 Å². The summed E-state index contributed by atoms with van der Waals surface area (Å²) in [6, 6.07) is 2.30. The third-order valence-corrected chi connectivity index (χ3v) is 3.80. The molecule has 0 aromatic carbocycles. The largest absolute Gasteiger partial charge is 0.481 e. The van der Waals surface area contributed by atoms with Gasteiger partial charge in [0.25, 0.3) is 0 Å². The number of ether oxygens (including phenoxy) is 1. The normalized spacial score (nSPS) is 20.4. The smallest absolute Gasteiger partial charge is 0.216 e. The minimum Gasteiger partial charge on any atom is -0.481 e. The first kappa shape index (κ1) is 10.9. The second kappa shape index (κ2) is 4.55. The second-order valence-corrected chi connectivity index (χ2v) is 5.11. The summed E-state index contributed by atoms with van der Waals surface area (Å²) in [5.74, 6) is 1.52. The lowest BCUT2D eigenvalue weighted by Crippen LogP contribution is -2.29. The van der Waals surface area contributed by atoms with Crippen LogP contribution in [-0.2, 0) is 0 Å². The fourth-order valence-electron chi connectivity index (χ4n) is 2.64. The van der Waals surface area contributed by atoms with E-state index in [9.17, 15) is 0 Å². The zero-order chi connectivity index (χ0) is 11.7. The number of rotatable bonds is 3. The van der Waals surface area contributed by atoms with Crippen LogP contribution >= 0.6 is 0 Å². The Morgan fingerprint density at radius 3 is 2.65 bits per heavy atom. The molecule has 1 aliphatic heterocycles. The van der Waals surface area contributed by atoms with Gasteiger partial charge in [0.15, 0.2) is 0 Å². The van der Waals surface area contributed by atoms with Gasteiger partial charge in [0.1, 0.15) is 0 Å². The third kappa shape index (κ3) is 2.24. The highest BCUT2D eigenvalue weighted by molar-refractivity contribution is 5.51. The summed E-state index contributed by atoms with van der Waals surface area (Å²) in [6.45, 7) is 2.36. The van der Waals surface area contributed by atoms with Crippen molar-refractivity contribution < 1.29 is 4.74 Å². The molecule has 0 atom stereocenters. The Morgan fingerprint density at radius 2 is 2.00 bits per heavy atom. The monoisotopic (exact) mass is 232 g/mol. The van der Waals surface area contributed by atoms with Crippen molar-refractivity contribution in [3.05, 3.63) is 17.8 Å². The summed E-state index contributed by atoms with van der Waals surface area (Å²) in [5, 5.41) is 0. The van der Waals surface area contributed by atoms with Gasteiger partial charge >= 0.3 is 0 Å². The van der Waals surface area contributed by atoms with E-state index >= 15 is 0 Å². The summed E-state index contributed by atoms with van der Waals surface area (Å²) in [5.41, 5.74) is 2.60. The first-order chi connectivity index (χ1) is 8.38. The van der Waals surface area contributed by atoms with Gasteiger partial charge in [-0.15, -0.1) is 0 Å². The Hall–Kier alpha value is -1.25. The van der Waals surface area contributed by atoms with Gasteiger partial charge in [-0.2, -0.15) is 0 Å². The predicted octanol–water partition coefficient (Wildman–Crippen LogP) is 2.96. The van der Waals surface area contributed by atoms with Crippen molar-refractivity contribution in [2.24, 2.45) is 0 Å². The molecule has 0 radical (unpaired) electrons. The van der Waals surface area contributed by atoms with Crippen LogP contribution in [0.3, 0.4) is 0 Å². The molecule has 1 saturated heterocycles. The molecular formula is C14H20N2O. The Morgan fingerprint density at radius 1 is 1.24 bits per heavy atom. The molecule has 0 unspecified atom stereocenters. The molecule has 2 heterocycles. The molecule has 17 heavy (non-hydrogen) atoms. The van der Waals surface area contributed by atoms with Crippen molar-refractivity contribution in [3.63, 3.8) is 0 Å². The fourth-order valence-corrected chi connectivity index (χ4v) is 2.64. The number of hydrogen-bond donors (Lipinski definition) is 0. The lowest BCUT2D eigenvalue weighted by atomic mass is 10.1. The zero-order valence-electron chi connectivity index (χ0n) is 10.5. The lowest BCUT2D eigenvalue weighted by molar-refractivity contribution is 0.392. The first-order valence-corrected chi connectivity index (χ1v) is 6.67. The van der Waals surface area contributed by atoms with E-state index in [1.807, 2.05) is 6.20 Å². The Labute approximate surface area is 103 Å². The highest BCUT2D eigenvalue weighted by Gasteiger charge is 2.28. The van der Waals surface area contributed by atoms with Crippen LogP contribution in [0.4, 0.5) is 5.69 Å². The van der Waals surface area contributed by atoms with E-state index in [2.05, 4.69) is 16.0 Å². The number of pyridine rings is 1. The fraction of sp³-hybridized carbons (Fsp3) is 0.643. The van der Waals surface area contributed by atoms with Crippen molar-refractivity contribution in [1.82, 2.24) is 4.98 Å². The van der Waals surface area contributed by atoms with Gasteiger partial charge in [-0.25, -0.2) is 4.98 Å². The first-order valence-electron chi connectivity index (χ1n) is 6.67. The molecule has 0 bridgehead atoms. The van der Waals surface area contributed by atoms with Crippen LogP contribution in [0.15, 0.2) is 12.3 Å². The third-order valence-electron chi connectivity index (χ3n) is 3.80. The van der Waals surface area contributed by atoms with E-state index in [0.717, 1.165) is 5.88 Å². The molecule has 2 fully saturated rings. The van der Waals surface area contributed by atoms with Gasteiger partial charge in [0, 0.05) is 18.7 Å². The van der Waals surface area contributed by atoms with Crippen LogP contribution in [0, 0.1) is 0 Å². The molecule has 0 amide bonds. The molecule has 1 aliphatic carbocycles. The molecule has 0 spiro atoms. The van der Waals surface area contributed by atoms with Crippen LogP contribution in [0.5, 0.6) is 5.88 Å². The number of methoxy groups -OCH3 is 1. The molecule has 3 nitrogen and oxygen atoms in total. The summed E-state index contributed by atoms with van der Waals surface area (Å²) in [6.07, 6.45) is 8.55. The van der Waals surface area contributed by atoms with Gasteiger partial charge in [0.05, 0.1) is 19.0 Å². The molecule has 0 N–H and O–H groups in total. The topological polar surface area (TPSA) is 25.4 Å². The quantitative estimate of drug-likeness (QED) is 0.801. The summed E-state index contributed by atoms with van der Waals surface area (Å²) < 4.78 is 5.36. The molecule has 3 heteroatoms. The Bertz CT molecular complexity index is 395. The van der Waals surface area contributed by atoms with Crippen molar-refractivity contribution in [3.8, 4) is 5.88 Å². The molecule has 92 valence electrons. The van der Waals surface area contributed by atoms with Gasteiger partial charge in [0.2, 0.25) is 5.88 Å². The highest BCUT2D eigenvalue weighted by Crippen LogP contribution is 2.44. The van der Waals surface area contributed by atoms with Crippen LogP contribution < -0.4 is 9.64 Å². The van der Waals surface area contributed by atoms with E-state index in [0.29, 0.717) is 5.92 Å². The molecular weight excluding hydrogens is 212 g/mol. The van der Waals surface area contributed by atoms with E-state index in [-0.39, 0.29) is 0 Å². The van der Waals surface area contributed by atoms with Crippen molar-refractivity contribution in [2.45, 2.75) is 38.0 Å². The van der Waals surface area contributed by atoms with Crippen LogP contribution in [0.1, 0.15) is 43.6 Å². The summed E-state index contributed by atoms with van der Waals surface area (Å²) >= 11 is 0. The van der Waals surface area contributed by atoms with Crippen molar-refractivity contribution in [1.29, 1.82) is 0 Å². The van der Waals surface area contributed by atoms with E-state index in [4.69, 9.17) is 4.74 Å². The average Bonchev–Trinajstić information content (AvgIpc) is 3.23. The molecule has 1 aromatic rings. The van der Waals surface area contributed by atoms with Gasteiger partial charge < -0.3 is 9.64 Å². The Balaban J connectivity index is 1.86. The van der Waals surface area contributed by atoms with Crippen molar-refractivity contribution in [2.75, 3.05) is 25.1 Å². The number of nitrogens with zero attached hydrogens (tertiary/aromatic N) is 2. The molecule has 1 saturated carbocycles. The number of anilines is 1. The maximum absolute atomic E-state index is 5.36. The highest BCUT2D eigenvalue weighted by atomic mass is 16.5. The van der Waals surface area contributed by atoms with E-state index in [1.165, 1.54) is 56.4 Å². The van der Waals surface area contributed by atoms with E-state index in [1.54, 1.807) is 7.11 Å². The minimum absolute atomic E-state index is 0.696. The summed E-state index contributed by atoms with van der Waals surface area (Å²) in [4.78, 5) is 6.93. The van der Waals surface area contributed by atoms with Crippen LogP contribution in [0.25, 0.3) is 0 Å². The SMILES string of the molecule is COc1ncc(N2CCCCC2)cc1C1CC1. The van der Waals surface area contributed by atoms with Gasteiger partial charge in [-0.05, 0) is 44.1 Å².